The third-order valence-electron chi connectivity index (χ3n) is 3.30. The van der Waals surface area contributed by atoms with E-state index < -0.39 is 16.1 Å². The number of benzene rings is 2. The summed E-state index contributed by atoms with van der Waals surface area (Å²) in [5.74, 6) is 0.603. The summed E-state index contributed by atoms with van der Waals surface area (Å²) in [4.78, 5) is 0.174. The molecule has 0 saturated carbocycles. The van der Waals surface area contributed by atoms with Gasteiger partial charge in [-0.3, -0.25) is 0 Å². The number of hydrogen-bond donors (Lipinski definition) is 1. The van der Waals surface area contributed by atoms with Crippen molar-refractivity contribution in [3.63, 3.8) is 0 Å². The largest absolute Gasteiger partial charge is 0.489 e. The first-order chi connectivity index (χ1) is 10.9. The molecular weight excluding hydrogens is 314 g/mol. The van der Waals surface area contributed by atoms with Crippen LogP contribution in [0, 0.1) is 0 Å². The van der Waals surface area contributed by atoms with Crippen LogP contribution in [-0.4, -0.2) is 37.5 Å². The Morgan fingerprint density at radius 3 is 2.26 bits per heavy atom. The van der Waals surface area contributed by atoms with Gasteiger partial charge in [0.25, 0.3) is 0 Å². The molecule has 5 nitrogen and oxygen atoms in total. The number of hydrogen-bond acceptors (Lipinski definition) is 4. The van der Waals surface area contributed by atoms with Crippen molar-refractivity contribution in [1.82, 2.24) is 4.31 Å². The van der Waals surface area contributed by atoms with Gasteiger partial charge in [0.15, 0.2) is 0 Å². The van der Waals surface area contributed by atoms with Gasteiger partial charge in [0, 0.05) is 13.6 Å². The van der Waals surface area contributed by atoms with E-state index in [0.29, 0.717) is 12.4 Å². The fourth-order valence-corrected chi connectivity index (χ4v) is 3.35. The summed E-state index contributed by atoms with van der Waals surface area (Å²) in [7, 11) is -2.15. The number of ether oxygens (including phenoxy) is 1. The van der Waals surface area contributed by atoms with Crippen molar-refractivity contribution in [3.8, 4) is 5.75 Å². The Bertz CT molecular complexity index is 712. The normalized spacial score (nSPS) is 13.0. The van der Waals surface area contributed by atoms with Crippen LogP contribution in [0.25, 0.3) is 0 Å². The highest BCUT2D eigenvalue weighted by atomic mass is 32.2. The molecule has 1 atom stereocenters. The standard InChI is InChI=1S/C17H21NO4S/c1-14(19)12-18(2)23(20,21)17-10-8-16(9-11-17)22-13-15-6-4-3-5-7-15/h3-11,14,19H,12-13H2,1-2H3. The van der Waals surface area contributed by atoms with E-state index in [4.69, 9.17) is 4.74 Å². The van der Waals surface area contributed by atoms with Gasteiger partial charge in [0.2, 0.25) is 10.0 Å². The minimum absolute atomic E-state index is 0.0502. The molecule has 23 heavy (non-hydrogen) atoms. The summed E-state index contributed by atoms with van der Waals surface area (Å²) in [5, 5.41) is 9.33. The Kier molecular flexibility index (Phi) is 5.76. The van der Waals surface area contributed by atoms with Gasteiger partial charge >= 0.3 is 0 Å². The Morgan fingerprint density at radius 1 is 1.09 bits per heavy atom. The van der Waals surface area contributed by atoms with Crippen molar-refractivity contribution < 1.29 is 18.3 Å². The second kappa shape index (κ2) is 7.59. The van der Waals surface area contributed by atoms with Crippen LogP contribution in [0.15, 0.2) is 59.5 Å². The number of sulfonamides is 1. The Hall–Kier alpha value is -1.89. The summed E-state index contributed by atoms with van der Waals surface area (Å²) in [6, 6.07) is 16.0. The average molecular weight is 335 g/mol. The molecule has 0 aliphatic heterocycles. The Labute approximate surface area is 137 Å². The molecule has 0 aliphatic carbocycles. The van der Waals surface area contributed by atoms with Crippen LogP contribution in [0.1, 0.15) is 12.5 Å². The number of aliphatic hydroxyl groups is 1. The maximum absolute atomic E-state index is 12.3. The van der Waals surface area contributed by atoms with Crippen LogP contribution in [0.2, 0.25) is 0 Å². The van der Waals surface area contributed by atoms with E-state index in [-0.39, 0.29) is 11.4 Å². The quantitative estimate of drug-likeness (QED) is 0.843. The van der Waals surface area contributed by atoms with Crippen LogP contribution >= 0.6 is 0 Å². The summed E-state index contributed by atoms with van der Waals surface area (Å²) in [6.45, 7) is 2.02. The van der Waals surface area contributed by atoms with Gasteiger partial charge in [-0.15, -0.1) is 0 Å². The number of likely N-dealkylation sites (N-methyl/N-ethyl adjacent to an activating group) is 1. The molecule has 0 bridgehead atoms. The van der Waals surface area contributed by atoms with Gasteiger partial charge in [-0.1, -0.05) is 30.3 Å². The molecule has 0 aliphatic rings. The monoisotopic (exact) mass is 335 g/mol. The Balaban J connectivity index is 2.04. The predicted octanol–water partition coefficient (Wildman–Crippen LogP) is 2.27. The molecule has 0 heterocycles. The summed E-state index contributed by atoms with van der Waals surface area (Å²) < 4.78 is 31.4. The van der Waals surface area contributed by atoms with Crippen molar-refractivity contribution in [2.45, 2.75) is 24.5 Å². The molecule has 2 aromatic rings. The fraction of sp³-hybridized carbons (Fsp3) is 0.294. The van der Waals surface area contributed by atoms with E-state index in [1.54, 1.807) is 19.1 Å². The third-order valence-corrected chi connectivity index (χ3v) is 5.14. The number of nitrogens with zero attached hydrogens (tertiary/aromatic N) is 1. The van der Waals surface area contributed by atoms with Crippen LogP contribution in [0.3, 0.4) is 0 Å². The van der Waals surface area contributed by atoms with Crippen LogP contribution in [-0.2, 0) is 16.6 Å². The average Bonchev–Trinajstić information content (AvgIpc) is 2.53. The molecule has 0 saturated heterocycles. The van der Waals surface area contributed by atoms with E-state index in [0.717, 1.165) is 9.87 Å². The minimum Gasteiger partial charge on any atom is -0.489 e. The van der Waals surface area contributed by atoms with E-state index in [9.17, 15) is 13.5 Å². The summed E-state index contributed by atoms with van der Waals surface area (Å²) >= 11 is 0. The summed E-state index contributed by atoms with van der Waals surface area (Å²) in [5.41, 5.74) is 1.04. The molecule has 2 rings (SSSR count). The lowest BCUT2D eigenvalue weighted by Gasteiger charge is -2.18. The molecule has 124 valence electrons. The lowest BCUT2D eigenvalue weighted by Crippen LogP contribution is -2.33. The minimum atomic E-state index is -3.60. The van der Waals surface area contributed by atoms with Crippen LogP contribution in [0.4, 0.5) is 0 Å². The second-order valence-corrected chi connectivity index (χ2v) is 7.43. The van der Waals surface area contributed by atoms with E-state index >= 15 is 0 Å². The van der Waals surface area contributed by atoms with Crippen molar-refractivity contribution in [2.75, 3.05) is 13.6 Å². The Morgan fingerprint density at radius 2 is 1.70 bits per heavy atom. The molecule has 0 amide bonds. The molecule has 0 spiro atoms. The zero-order chi connectivity index (χ0) is 16.9. The predicted molar refractivity (Wildman–Crippen MR) is 88.7 cm³/mol. The van der Waals surface area contributed by atoms with Crippen molar-refractivity contribution >= 4 is 10.0 Å². The molecule has 0 fully saturated rings. The van der Waals surface area contributed by atoms with Crippen molar-refractivity contribution in [1.29, 1.82) is 0 Å². The summed E-state index contributed by atoms with van der Waals surface area (Å²) in [6.07, 6.45) is -0.719. The molecule has 2 aromatic carbocycles. The molecule has 0 aromatic heterocycles. The van der Waals surface area contributed by atoms with Gasteiger partial charge in [-0.25, -0.2) is 8.42 Å². The topological polar surface area (TPSA) is 66.8 Å². The van der Waals surface area contributed by atoms with Crippen molar-refractivity contribution in [2.24, 2.45) is 0 Å². The van der Waals surface area contributed by atoms with E-state index in [2.05, 4.69) is 0 Å². The van der Waals surface area contributed by atoms with Gasteiger partial charge in [0.1, 0.15) is 12.4 Å². The first-order valence-electron chi connectivity index (χ1n) is 7.31. The maximum Gasteiger partial charge on any atom is 0.242 e. The lowest BCUT2D eigenvalue weighted by molar-refractivity contribution is 0.171. The van der Waals surface area contributed by atoms with E-state index in [1.165, 1.54) is 19.2 Å². The zero-order valence-corrected chi connectivity index (χ0v) is 14.0. The van der Waals surface area contributed by atoms with Gasteiger partial charge < -0.3 is 9.84 Å². The highest BCUT2D eigenvalue weighted by Gasteiger charge is 2.21. The first-order valence-corrected chi connectivity index (χ1v) is 8.75. The SMILES string of the molecule is CC(O)CN(C)S(=O)(=O)c1ccc(OCc2ccccc2)cc1. The van der Waals surface area contributed by atoms with Gasteiger partial charge in [-0.2, -0.15) is 4.31 Å². The zero-order valence-electron chi connectivity index (χ0n) is 13.2. The van der Waals surface area contributed by atoms with Crippen LogP contribution < -0.4 is 4.74 Å². The molecule has 1 unspecified atom stereocenters. The molecule has 1 N–H and O–H groups in total. The van der Waals surface area contributed by atoms with Crippen molar-refractivity contribution in [3.05, 3.63) is 60.2 Å². The highest BCUT2D eigenvalue weighted by molar-refractivity contribution is 7.89. The lowest BCUT2D eigenvalue weighted by atomic mass is 10.2. The fourth-order valence-electron chi connectivity index (χ4n) is 2.10. The molecular formula is C17H21NO4S. The van der Waals surface area contributed by atoms with Gasteiger partial charge in [-0.05, 0) is 36.8 Å². The van der Waals surface area contributed by atoms with Gasteiger partial charge in [0.05, 0.1) is 11.0 Å². The third kappa shape index (κ3) is 4.79. The number of aliphatic hydroxyl groups excluding tert-OH is 1. The van der Waals surface area contributed by atoms with Crippen LogP contribution in [0.5, 0.6) is 5.75 Å². The second-order valence-electron chi connectivity index (χ2n) is 5.38. The van der Waals surface area contributed by atoms with E-state index in [1.807, 2.05) is 30.3 Å². The maximum atomic E-state index is 12.3. The number of rotatable bonds is 7. The molecule has 6 heteroatoms. The first kappa shape index (κ1) is 17.5. The molecule has 0 radical (unpaired) electrons. The highest BCUT2D eigenvalue weighted by Crippen LogP contribution is 2.19. The smallest absolute Gasteiger partial charge is 0.242 e.